The quantitative estimate of drug-likeness (QED) is 0.848. The molecule has 1 aromatic carbocycles. The number of aryl methyl sites for hydroxylation is 1. The predicted octanol–water partition coefficient (Wildman–Crippen LogP) is 2.28. The minimum atomic E-state index is -0.303. The zero-order valence-corrected chi connectivity index (χ0v) is 11.9. The van der Waals surface area contributed by atoms with Crippen molar-refractivity contribution in [1.82, 2.24) is 5.16 Å². The molecule has 1 amide bonds. The van der Waals surface area contributed by atoms with E-state index in [1.165, 1.54) is 0 Å². The zero-order chi connectivity index (χ0) is 15.2. The van der Waals surface area contributed by atoms with Crippen molar-refractivity contribution < 1.29 is 14.4 Å². The Morgan fingerprint density at radius 1 is 1.38 bits per heavy atom. The molecule has 2 rings (SSSR count). The van der Waals surface area contributed by atoms with Gasteiger partial charge in [-0.2, -0.15) is 0 Å². The molecule has 1 aromatic heterocycles. The second-order valence-corrected chi connectivity index (χ2v) is 4.50. The van der Waals surface area contributed by atoms with Gasteiger partial charge in [0.05, 0.1) is 17.9 Å². The summed E-state index contributed by atoms with van der Waals surface area (Å²) in [5.41, 5.74) is 2.60. The van der Waals surface area contributed by atoms with Gasteiger partial charge in [-0.15, -0.1) is 0 Å². The second-order valence-electron chi connectivity index (χ2n) is 4.50. The highest BCUT2D eigenvalue weighted by molar-refractivity contribution is 6.05. The topological polar surface area (TPSA) is 75.4 Å². The molecule has 0 saturated heterocycles. The molecule has 2 N–H and O–H groups in total. The van der Waals surface area contributed by atoms with Gasteiger partial charge in [-0.1, -0.05) is 29.1 Å². The summed E-state index contributed by atoms with van der Waals surface area (Å²) in [6.07, 6.45) is 0.371. The molecule has 0 aliphatic carbocycles. The first-order valence-corrected chi connectivity index (χ1v) is 6.56. The number of anilines is 1. The van der Waals surface area contributed by atoms with Crippen molar-refractivity contribution in [3.63, 3.8) is 0 Å². The highest BCUT2D eigenvalue weighted by Crippen LogP contribution is 2.19. The molecule has 2 aromatic rings. The van der Waals surface area contributed by atoms with Crippen LogP contribution in [0.25, 0.3) is 0 Å². The maximum Gasteiger partial charge on any atom is 0.259 e. The van der Waals surface area contributed by atoms with Crippen molar-refractivity contribution in [2.45, 2.75) is 20.3 Å². The highest BCUT2D eigenvalue weighted by atomic mass is 16.5. The summed E-state index contributed by atoms with van der Waals surface area (Å²) >= 11 is 0. The first-order valence-electron chi connectivity index (χ1n) is 6.56. The van der Waals surface area contributed by atoms with E-state index in [1.54, 1.807) is 18.2 Å². The molecule has 0 unspecified atom stereocenters. The van der Waals surface area contributed by atoms with Crippen molar-refractivity contribution in [2.75, 3.05) is 11.9 Å². The van der Waals surface area contributed by atoms with Gasteiger partial charge in [-0.3, -0.25) is 10.1 Å². The number of nitrogens with zero attached hydrogens (tertiary/aromatic N) is 1. The zero-order valence-electron chi connectivity index (χ0n) is 11.9. The van der Waals surface area contributed by atoms with Crippen LogP contribution in [0.5, 0.6) is 0 Å². The van der Waals surface area contributed by atoms with E-state index < -0.39 is 0 Å². The van der Waals surface area contributed by atoms with Crippen LogP contribution < -0.4 is 5.32 Å². The number of aliphatic hydroxyl groups is 1. The largest absolute Gasteiger partial charge is 0.395 e. The van der Waals surface area contributed by atoms with Crippen LogP contribution in [0.15, 0.2) is 28.8 Å². The van der Waals surface area contributed by atoms with E-state index >= 15 is 0 Å². The monoisotopic (exact) mass is 284 g/mol. The molecule has 0 atom stereocenters. The Labute approximate surface area is 123 Å². The number of aliphatic hydroxyl groups excluding tert-OH is 1. The molecule has 0 aliphatic rings. The molecule has 0 radical (unpaired) electrons. The first-order chi connectivity index (χ1) is 10.1. The SMILES string of the molecule is Cc1noc(NC(=O)c2ccccc2C#CCCO)c1C. The third kappa shape index (κ3) is 3.50. The predicted molar refractivity (Wildman–Crippen MR) is 79.0 cm³/mol. The van der Waals surface area contributed by atoms with Crippen LogP contribution in [0.4, 0.5) is 5.88 Å². The van der Waals surface area contributed by atoms with E-state index in [1.807, 2.05) is 19.9 Å². The van der Waals surface area contributed by atoms with Crippen LogP contribution >= 0.6 is 0 Å². The fourth-order valence-corrected chi connectivity index (χ4v) is 1.71. The summed E-state index contributed by atoms with van der Waals surface area (Å²) in [6, 6.07) is 7.03. The number of benzene rings is 1. The minimum absolute atomic E-state index is 0.00208. The summed E-state index contributed by atoms with van der Waals surface area (Å²) in [5.74, 6) is 5.73. The van der Waals surface area contributed by atoms with E-state index in [-0.39, 0.29) is 12.5 Å². The van der Waals surface area contributed by atoms with E-state index in [2.05, 4.69) is 22.3 Å². The number of nitrogens with one attached hydrogen (secondary N) is 1. The Bertz CT molecular complexity index is 708. The Morgan fingerprint density at radius 3 is 2.81 bits per heavy atom. The van der Waals surface area contributed by atoms with Gasteiger partial charge in [-0.25, -0.2) is 0 Å². The number of hydrogen-bond donors (Lipinski definition) is 2. The number of carbonyl (C=O) groups is 1. The van der Waals surface area contributed by atoms with Crippen LogP contribution in [0, 0.1) is 25.7 Å². The maximum atomic E-state index is 12.3. The van der Waals surface area contributed by atoms with Crippen molar-refractivity contribution in [2.24, 2.45) is 0 Å². The van der Waals surface area contributed by atoms with Gasteiger partial charge in [0.1, 0.15) is 0 Å². The van der Waals surface area contributed by atoms with Gasteiger partial charge in [0.15, 0.2) is 0 Å². The fraction of sp³-hybridized carbons (Fsp3) is 0.250. The summed E-state index contributed by atoms with van der Waals surface area (Å²) in [6.45, 7) is 3.63. The highest BCUT2D eigenvalue weighted by Gasteiger charge is 2.15. The van der Waals surface area contributed by atoms with Crippen LogP contribution in [0.2, 0.25) is 0 Å². The van der Waals surface area contributed by atoms with Gasteiger partial charge < -0.3 is 9.63 Å². The Balaban J connectivity index is 2.24. The maximum absolute atomic E-state index is 12.3. The number of amides is 1. The van der Waals surface area contributed by atoms with Crippen LogP contribution in [0.1, 0.15) is 33.6 Å². The van der Waals surface area contributed by atoms with Crippen molar-refractivity contribution >= 4 is 11.8 Å². The summed E-state index contributed by atoms with van der Waals surface area (Å²) in [5, 5.41) is 15.2. The number of rotatable bonds is 3. The van der Waals surface area contributed by atoms with Crippen molar-refractivity contribution in [1.29, 1.82) is 0 Å². The average molecular weight is 284 g/mol. The van der Waals surface area contributed by atoms with Gasteiger partial charge in [0.25, 0.3) is 5.91 Å². The third-order valence-corrected chi connectivity index (χ3v) is 3.02. The molecule has 21 heavy (non-hydrogen) atoms. The van der Waals surface area contributed by atoms with E-state index in [0.29, 0.717) is 23.4 Å². The van der Waals surface area contributed by atoms with Crippen molar-refractivity contribution in [3.05, 3.63) is 46.6 Å². The number of aromatic nitrogens is 1. The van der Waals surface area contributed by atoms with E-state index in [4.69, 9.17) is 9.63 Å². The summed E-state index contributed by atoms with van der Waals surface area (Å²) in [4.78, 5) is 12.3. The molecular weight excluding hydrogens is 268 g/mol. The van der Waals surface area contributed by atoms with Crippen LogP contribution in [0.3, 0.4) is 0 Å². The summed E-state index contributed by atoms with van der Waals surface area (Å²) < 4.78 is 5.07. The lowest BCUT2D eigenvalue weighted by Gasteiger charge is -2.04. The molecule has 0 fully saturated rings. The molecule has 108 valence electrons. The molecule has 0 bridgehead atoms. The van der Waals surface area contributed by atoms with Gasteiger partial charge >= 0.3 is 0 Å². The molecule has 0 aliphatic heterocycles. The van der Waals surface area contributed by atoms with Crippen LogP contribution in [-0.4, -0.2) is 22.8 Å². The lowest BCUT2D eigenvalue weighted by atomic mass is 10.1. The molecule has 0 saturated carbocycles. The Kier molecular flexibility index (Phi) is 4.75. The third-order valence-electron chi connectivity index (χ3n) is 3.02. The Hall–Kier alpha value is -2.58. The van der Waals surface area contributed by atoms with E-state index in [9.17, 15) is 4.79 Å². The number of hydrogen-bond acceptors (Lipinski definition) is 4. The summed E-state index contributed by atoms with van der Waals surface area (Å²) in [7, 11) is 0. The fourth-order valence-electron chi connectivity index (χ4n) is 1.71. The first kappa shape index (κ1) is 14.8. The Morgan fingerprint density at radius 2 is 2.14 bits per heavy atom. The molecule has 5 heteroatoms. The standard InChI is InChI=1S/C16H16N2O3/c1-11-12(2)18-21-16(11)17-15(20)14-9-4-3-7-13(14)8-5-6-10-19/h3-4,7,9,19H,6,10H2,1-2H3,(H,17,20). The smallest absolute Gasteiger partial charge is 0.259 e. The van der Waals surface area contributed by atoms with Gasteiger partial charge in [0.2, 0.25) is 5.88 Å². The lowest BCUT2D eigenvalue weighted by Crippen LogP contribution is -2.13. The van der Waals surface area contributed by atoms with Crippen LogP contribution in [-0.2, 0) is 0 Å². The van der Waals surface area contributed by atoms with Gasteiger partial charge in [0, 0.05) is 17.5 Å². The normalized spacial score (nSPS) is 9.86. The molecule has 5 nitrogen and oxygen atoms in total. The molecule has 0 spiro atoms. The second kappa shape index (κ2) is 6.73. The molecular formula is C16H16N2O3. The minimum Gasteiger partial charge on any atom is -0.395 e. The average Bonchev–Trinajstić information content (AvgIpc) is 2.80. The number of carbonyl (C=O) groups excluding carboxylic acids is 1. The molecule has 1 heterocycles. The van der Waals surface area contributed by atoms with Gasteiger partial charge in [-0.05, 0) is 26.0 Å². The van der Waals surface area contributed by atoms with E-state index in [0.717, 1.165) is 11.3 Å². The van der Waals surface area contributed by atoms with Crippen molar-refractivity contribution in [3.8, 4) is 11.8 Å². The lowest BCUT2D eigenvalue weighted by molar-refractivity contribution is 0.102.